The molecule has 1 heterocycles. The fourth-order valence-corrected chi connectivity index (χ4v) is 1.68. The summed E-state index contributed by atoms with van der Waals surface area (Å²) >= 11 is 0. The van der Waals surface area contributed by atoms with E-state index in [2.05, 4.69) is 16.4 Å². The molecule has 90 valence electrons. The van der Waals surface area contributed by atoms with Gasteiger partial charge in [-0.2, -0.15) is 5.26 Å². The first kappa shape index (κ1) is 11.9. The first-order chi connectivity index (χ1) is 8.69. The van der Waals surface area contributed by atoms with E-state index in [1.54, 1.807) is 36.5 Å². The highest BCUT2D eigenvalue weighted by Crippen LogP contribution is 2.21. The third-order valence-electron chi connectivity index (χ3n) is 2.62. The summed E-state index contributed by atoms with van der Waals surface area (Å²) in [6.45, 7) is 1.97. The molecule has 18 heavy (non-hydrogen) atoms. The summed E-state index contributed by atoms with van der Waals surface area (Å²) in [6.07, 6.45) is 1.59. The molecule has 1 atom stereocenters. The quantitative estimate of drug-likeness (QED) is 0.864. The molecule has 4 heteroatoms. The molecule has 0 unspecified atom stereocenters. The lowest BCUT2D eigenvalue weighted by Gasteiger charge is -2.15. The van der Waals surface area contributed by atoms with Crippen LogP contribution in [-0.2, 0) is 0 Å². The SMILES string of the molecule is C[C@H](Nc1cc(C#N)ccn1)c1cccc(O)c1. The molecule has 0 aliphatic carbocycles. The summed E-state index contributed by atoms with van der Waals surface area (Å²) in [6, 6.07) is 12.5. The van der Waals surface area contributed by atoms with Gasteiger partial charge >= 0.3 is 0 Å². The van der Waals surface area contributed by atoms with Gasteiger partial charge in [0.05, 0.1) is 17.7 Å². The van der Waals surface area contributed by atoms with Crippen LogP contribution in [0.2, 0.25) is 0 Å². The highest BCUT2D eigenvalue weighted by Gasteiger charge is 2.06. The number of hydrogen-bond donors (Lipinski definition) is 2. The highest BCUT2D eigenvalue weighted by atomic mass is 16.3. The third kappa shape index (κ3) is 2.77. The first-order valence-corrected chi connectivity index (χ1v) is 5.60. The zero-order valence-corrected chi connectivity index (χ0v) is 9.96. The van der Waals surface area contributed by atoms with Crippen LogP contribution in [0.25, 0.3) is 0 Å². The number of anilines is 1. The summed E-state index contributed by atoms with van der Waals surface area (Å²) in [5.74, 6) is 0.879. The van der Waals surface area contributed by atoms with E-state index in [0.29, 0.717) is 11.4 Å². The molecule has 4 nitrogen and oxygen atoms in total. The minimum atomic E-state index is -0.00135. The Labute approximate surface area is 106 Å². The van der Waals surface area contributed by atoms with Crippen LogP contribution >= 0.6 is 0 Å². The fourth-order valence-electron chi connectivity index (χ4n) is 1.68. The van der Waals surface area contributed by atoms with Crippen LogP contribution in [0.15, 0.2) is 42.6 Å². The van der Waals surface area contributed by atoms with Crippen LogP contribution in [0.5, 0.6) is 5.75 Å². The minimum absolute atomic E-state index is 0.00135. The van der Waals surface area contributed by atoms with E-state index in [0.717, 1.165) is 5.56 Å². The Balaban J connectivity index is 2.16. The lowest BCUT2D eigenvalue weighted by Crippen LogP contribution is -2.07. The van der Waals surface area contributed by atoms with E-state index in [1.807, 2.05) is 13.0 Å². The van der Waals surface area contributed by atoms with Gasteiger partial charge in [-0.1, -0.05) is 12.1 Å². The van der Waals surface area contributed by atoms with Crippen LogP contribution in [-0.4, -0.2) is 10.1 Å². The predicted octanol–water partition coefficient (Wildman–Crippen LogP) is 2.83. The Morgan fingerprint density at radius 2 is 2.17 bits per heavy atom. The summed E-state index contributed by atoms with van der Waals surface area (Å²) in [7, 11) is 0. The zero-order chi connectivity index (χ0) is 13.0. The molecule has 2 N–H and O–H groups in total. The van der Waals surface area contributed by atoms with E-state index < -0.39 is 0 Å². The van der Waals surface area contributed by atoms with Gasteiger partial charge in [-0.15, -0.1) is 0 Å². The molecule has 1 aromatic heterocycles. The Hall–Kier alpha value is -2.54. The molecular weight excluding hydrogens is 226 g/mol. The molecule has 0 aliphatic rings. The molecule has 0 amide bonds. The molecular formula is C14H13N3O. The van der Waals surface area contributed by atoms with E-state index >= 15 is 0 Å². The van der Waals surface area contributed by atoms with Gasteiger partial charge in [0.15, 0.2) is 0 Å². The van der Waals surface area contributed by atoms with Gasteiger partial charge in [0.2, 0.25) is 0 Å². The molecule has 0 bridgehead atoms. The van der Waals surface area contributed by atoms with E-state index in [1.165, 1.54) is 0 Å². The number of nitriles is 1. The minimum Gasteiger partial charge on any atom is -0.508 e. The lowest BCUT2D eigenvalue weighted by atomic mass is 10.1. The topological polar surface area (TPSA) is 68.9 Å². The van der Waals surface area contributed by atoms with Crippen molar-refractivity contribution in [2.45, 2.75) is 13.0 Å². The molecule has 0 aliphatic heterocycles. The van der Waals surface area contributed by atoms with Crippen molar-refractivity contribution < 1.29 is 5.11 Å². The standard InChI is InChI=1S/C14H13N3O/c1-10(12-3-2-4-13(18)8-12)17-14-7-11(9-15)5-6-16-14/h2-8,10,18H,1H3,(H,16,17)/t10-/m0/s1. The molecule has 1 aromatic carbocycles. The van der Waals surface area contributed by atoms with E-state index in [4.69, 9.17) is 5.26 Å². The Morgan fingerprint density at radius 1 is 1.33 bits per heavy atom. The Kier molecular flexibility index (Phi) is 3.44. The number of phenolic OH excluding ortho intramolecular Hbond substituents is 1. The molecule has 0 fully saturated rings. The lowest BCUT2D eigenvalue weighted by molar-refractivity contribution is 0.474. The second-order valence-corrected chi connectivity index (χ2v) is 4.00. The van der Waals surface area contributed by atoms with Crippen molar-refractivity contribution in [3.05, 3.63) is 53.7 Å². The number of aromatic hydroxyl groups is 1. The normalized spacial score (nSPS) is 11.6. The molecule has 2 aromatic rings. The number of phenols is 1. The second-order valence-electron chi connectivity index (χ2n) is 4.00. The number of hydrogen-bond acceptors (Lipinski definition) is 4. The summed E-state index contributed by atoms with van der Waals surface area (Å²) in [4.78, 5) is 4.15. The number of nitrogens with zero attached hydrogens (tertiary/aromatic N) is 2. The fraction of sp³-hybridized carbons (Fsp3) is 0.143. The van der Waals surface area contributed by atoms with Gasteiger partial charge in [0, 0.05) is 6.20 Å². The van der Waals surface area contributed by atoms with E-state index in [-0.39, 0.29) is 11.8 Å². The number of nitrogens with one attached hydrogen (secondary N) is 1. The van der Waals surface area contributed by atoms with Crippen molar-refractivity contribution in [3.63, 3.8) is 0 Å². The van der Waals surface area contributed by atoms with Crippen LogP contribution in [0.3, 0.4) is 0 Å². The third-order valence-corrected chi connectivity index (χ3v) is 2.62. The predicted molar refractivity (Wildman–Crippen MR) is 69.1 cm³/mol. The highest BCUT2D eigenvalue weighted by molar-refractivity contribution is 5.44. The first-order valence-electron chi connectivity index (χ1n) is 5.60. The zero-order valence-electron chi connectivity index (χ0n) is 9.96. The maximum absolute atomic E-state index is 9.42. The van der Waals surface area contributed by atoms with Gasteiger partial charge in [0.25, 0.3) is 0 Å². The number of pyridine rings is 1. The Bertz CT molecular complexity index is 590. The summed E-state index contributed by atoms with van der Waals surface area (Å²) < 4.78 is 0. The van der Waals surface area contributed by atoms with Crippen LogP contribution in [0.1, 0.15) is 24.1 Å². The van der Waals surface area contributed by atoms with Gasteiger partial charge in [-0.3, -0.25) is 0 Å². The van der Waals surface area contributed by atoms with Crippen LogP contribution in [0, 0.1) is 11.3 Å². The average molecular weight is 239 g/mol. The number of rotatable bonds is 3. The van der Waals surface area contributed by atoms with Crippen molar-refractivity contribution in [1.82, 2.24) is 4.98 Å². The maximum atomic E-state index is 9.42. The second kappa shape index (κ2) is 5.19. The van der Waals surface area contributed by atoms with Gasteiger partial charge < -0.3 is 10.4 Å². The molecule has 0 saturated carbocycles. The van der Waals surface area contributed by atoms with Crippen molar-refractivity contribution in [1.29, 1.82) is 5.26 Å². The monoisotopic (exact) mass is 239 g/mol. The smallest absolute Gasteiger partial charge is 0.127 e. The number of benzene rings is 1. The van der Waals surface area contributed by atoms with E-state index in [9.17, 15) is 5.11 Å². The van der Waals surface area contributed by atoms with Gasteiger partial charge in [-0.05, 0) is 36.8 Å². The van der Waals surface area contributed by atoms with Crippen molar-refractivity contribution in [3.8, 4) is 11.8 Å². The number of aromatic nitrogens is 1. The van der Waals surface area contributed by atoms with Crippen molar-refractivity contribution in [2.75, 3.05) is 5.32 Å². The van der Waals surface area contributed by atoms with Crippen molar-refractivity contribution >= 4 is 5.82 Å². The maximum Gasteiger partial charge on any atom is 0.127 e. The van der Waals surface area contributed by atoms with Crippen LogP contribution < -0.4 is 5.32 Å². The van der Waals surface area contributed by atoms with Gasteiger partial charge in [-0.25, -0.2) is 4.98 Å². The molecule has 0 spiro atoms. The summed E-state index contributed by atoms with van der Waals surface area (Å²) in [5, 5.41) is 21.4. The molecule has 2 rings (SSSR count). The average Bonchev–Trinajstić information content (AvgIpc) is 2.39. The van der Waals surface area contributed by atoms with Crippen LogP contribution in [0.4, 0.5) is 5.82 Å². The summed E-state index contributed by atoms with van der Waals surface area (Å²) in [5.41, 5.74) is 1.52. The van der Waals surface area contributed by atoms with Gasteiger partial charge in [0.1, 0.15) is 11.6 Å². The largest absolute Gasteiger partial charge is 0.508 e. The van der Waals surface area contributed by atoms with Crippen molar-refractivity contribution in [2.24, 2.45) is 0 Å². The molecule has 0 radical (unpaired) electrons. The molecule has 0 saturated heterocycles. The Morgan fingerprint density at radius 3 is 2.89 bits per heavy atom.